The van der Waals surface area contributed by atoms with Gasteiger partial charge in [0, 0.05) is 25.7 Å². The van der Waals surface area contributed by atoms with E-state index in [4.69, 9.17) is 19.9 Å². The first-order valence-corrected chi connectivity index (χ1v) is 7.37. The van der Waals surface area contributed by atoms with Crippen molar-refractivity contribution >= 4 is 15.9 Å². The van der Waals surface area contributed by atoms with Crippen LogP contribution in [0.5, 0.6) is 11.5 Å². The number of likely N-dealkylation sites (N-methyl/N-ethyl adjacent to an activating group) is 1. The zero-order valence-electron chi connectivity index (χ0n) is 12.1. The first-order chi connectivity index (χ1) is 9.58. The number of methoxy groups -OCH3 is 1. The van der Waals surface area contributed by atoms with E-state index in [0.29, 0.717) is 13.2 Å². The summed E-state index contributed by atoms with van der Waals surface area (Å²) in [4.78, 5) is 2.22. The second-order valence-electron chi connectivity index (χ2n) is 4.96. The van der Waals surface area contributed by atoms with E-state index < -0.39 is 0 Å². The molecule has 6 heteroatoms. The van der Waals surface area contributed by atoms with Gasteiger partial charge >= 0.3 is 0 Å². The molecule has 2 rings (SSSR count). The summed E-state index contributed by atoms with van der Waals surface area (Å²) >= 11 is 3.52. The summed E-state index contributed by atoms with van der Waals surface area (Å²) in [6, 6.07) is 4.42. The Morgan fingerprint density at radius 3 is 2.85 bits per heavy atom. The van der Waals surface area contributed by atoms with Crippen LogP contribution < -0.4 is 15.2 Å². The molecule has 2 N–H and O–H groups in total. The SMILES string of the molecule is COCC(C)N(C)C(CN)c1cc(Br)c2c(c1)OCO2. The minimum atomic E-state index is 0.103. The van der Waals surface area contributed by atoms with Gasteiger partial charge in [-0.25, -0.2) is 0 Å². The average Bonchev–Trinajstić information content (AvgIpc) is 2.88. The van der Waals surface area contributed by atoms with Gasteiger partial charge in [-0.15, -0.1) is 0 Å². The summed E-state index contributed by atoms with van der Waals surface area (Å²) in [5, 5.41) is 0. The lowest BCUT2D eigenvalue weighted by Crippen LogP contribution is -2.39. The van der Waals surface area contributed by atoms with Gasteiger partial charge in [0.25, 0.3) is 0 Å². The summed E-state index contributed by atoms with van der Waals surface area (Å²) in [6.45, 7) is 3.57. The molecule has 112 valence electrons. The lowest BCUT2D eigenvalue weighted by Gasteiger charge is -2.32. The third-order valence-electron chi connectivity index (χ3n) is 3.65. The summed E-state index contributed by atoms with van der Waals surface area (Å²) in [6.07, 6.45) is 0. The smallest absolute Gasteiger partial charge is 0.231 e. The van der Waals surface area contributed by atoms with E-state index in [1.54, 1.807) is 7.11 Å². The number of hydrogen-bond donors (Lipinski definition) is 1. The topological polar surface area (TPSA) is 57.0 Å². The first kappa shape index (κ1) is 15.6. The Morgan fingerprint density at radius 2 is 2.20 bits per heavy atom. The van der Waals surface area contributed by atoms with E-state index in [0.717, 1.165) is 21.5 Å². The third-order valence-corrected chi connectivity index (χ3v) is 4.24. The van der Waals surface area contributed by atoms with Gasteiger partial charge in [0.2, 0.25) is 6.79 Å². The fourth-order valence-electron chi connectivity index (χ4n) is 2.38. The van der Waals surface area contributed by atoms with Crippen LogP contribution in [-0.2, 0) is 4.74 Å². The molecule has 0 spiro atoms. The highest BCUT2D eigenvalue weighted by molar-refractivity contribution is 9.10. The van der Waals surface area contributed by atoms with E-state index in [9.17, 15) is 0 Å². The quantitative estimate of drug-likeness (QED) is 0.856. The van der Waals surface area contributed by atoms with Crippen LogP contribution >= 0.6 is 15.9 Å². The van der Waals surface area contributed by atoms with Crippen LogP contribution in [0.4, 0.5) is 0 Å². The van der Waals surface area contributed by atoms with E-state index in [2.05, 4.69) is 34.8 Å². The number of halogens is 1. The van der Waals surface area contributed by atoms with Crippen molar-refractivity contribution in [3.8, 4) is 11.5 Å². The van der Waals surface area contributed by atoms with Crippen molar-refractivity contribution in [2.75, 3.05) is 34.1 Å². The summed E-state index contributed by atoms with van der Waals surface area (Å²) in [7, 11) is 3.76. The molecule has 2 unspecified atom stereocenters. The zero-order valence-corrected chi connectivity index (χ0v) is 13.6. The average molecular weight is 345 g/mol. The Balaban J connectivity index is 2.26. The number of fused-ring (bicyclic) bond motifs is 1. The lowest BCUT2D eigenvalue weighted by molar-refractivity contribution is 0.0910. The third kappa shape index (κ3) is 3.09. The largest absolute Gasteiger partial charge is 0.454 e. The maximum absolute atomic E-state index is 5.97. The van der Waals surface area contributed by atoms with Gasteiger partial charge < -0.3 is 19.9 Å². The minimum Gasteiger partial charge on any atom is -0.454 e. The molecule has 1 aromatic carbocycles. The van der Waals surface area contributed by atoms with E-state index in [1.807, 2.05) is 12.1 Å². The molecular formula is C14H21BrN2O3. The van der Waals surface area contributed by atoms with Crippen molar-refractivity contribution in [3.05, 3.63) is 22.2 Å². The molecular weight excluding hydrogens is 324 g/mol. The van der Waals surface area contributed by atoms with E-state index in [-0.39, 0.29) is 18.9 Å². The number of rotatable bonds is 6. The van der Waals surface area contributed by atoms with Gasteiger partial charge in [0.05, 0.1) is 11.1 Å². The van der Waals surface area contributed by atoms with Crippen molar-refractivity contribution in [1.29, 1.82) is 0 Å². The van der Waals surface area contributed by atoms with Gasteiger partial charge in [0.1, 0.15) is 0 Å². The predicted octanol–water partition coefficient (Wildman–Crippen LogP) is 2.14. The van der Waals surface area contributed by atoms with Crippen LogP contribution in [0.2, 0.25) is 0 Å². The number of nitrogens with zero attached hydrogens (tertiary/aromatic N) is 1. The number of hydrogen-bond acceptors (Lipinski definition) is 5. The van der Waals surface area contributed by atoms with Crippen LogP contribution in [0, 0.1) is 0 Å². The Morgan fingerprint density at radius 1 is 1.45 bits per heavy atom. The Labute approximate surface area is 128 Å². The van der Waals surface area contributed by atoms with Crippen molar-refractivity contribution in [2.24, 2.45) is 5.73 Å². The highest BCUT2D eigenvalue weighted by atomic mass is 79.9. The van der Waals surface area contributed by atoms with Crippen LogP contribution in [0.1, 0.15) is 18.5 Å². The zero-order chi connectivity index (χ0) is 14.7. The normalized spacial score (nSPS) is 16.5. The van der Waals surface area contributed by atoms with Crippen LogP contribution in [0.25, 0.3) is 0 Å². The molecule has 0 aliphatic carbocycles. The molecule has 0 bridgehead atoms. The molecule has 2 atom stereocenters. The fraction of sp³-hybridized carbons (Fsp3) is 0.571. The number of benzene rings is 1. The molecule has 0 radical (unpaired) electrons. The predicted molar refractivity (Wildman–Crippen MR) is 81.2 cm³/mol. The lowest BCUT2D eigenvalue weighted by atomic mass is 10.0. The molecule has 0 fully saturated rings. The van der Waals surface area contributed by atoms with Crippen LogP contribution in [-0.4, -0.2) is 45.0 Å². The maximum atomic E-state index is 5.97. The van der Waals surface area contributed by atoms with Crippen molar-refractivity contribution in [1.82, 2.24) is 4.90 Å². The summed E-state index contributed by atoms with van der Waals surface area (Å²) in [5.74, 6) is 1.53. The van der Waals surface area contributed by atoms with Crippen LogP contribution in [0.15, 0.2) is 16.6 Å². The van der Waals surface area contributed by atoms with Crippen molar-refractivity contribution < 1.29 is 14.2 Å². The van der Waals surface area contributed by atoms with Gasteiger partial charge in [-0.3, -0.25) is 4.90 Å². The second kappa shape index (κ2) is 6.76. The molecule has 0 saturated heterocycles. The monoisotopic (exact) mass is 344 g/mol. The van der Waals surface area contributed by atoms with Gasteiger partial charge in [0.15, 0.2) is 11.5 Å². The van der Waals surface area contributed by atoms with Gasteiger partial charge in [-0.1, -0.05) is 0 Å². The van der Waals surface area contributed by atoms with Gasteiger partial charge in [-0.2, -0.15) is 0 Å². The second-order valence-corrected chi connectivity index (χ2v) is 5.81. The molecule has 5 nitrogen and oxygen atoms in total. The molecule has 0 aromatic heterocycles. The molecule has 1 heterocycles. The number of ether oxygens (including phenoxy) is 3. The Bertz CT molecular complexity index is 470. The fourth-order valence-corrected chi connectivity index (χ4v) is 2.96. The van der Waals surface area contributed by atoms with Gasteiger partial charge in [-0.05, 0) is 47.6 Å². The molecule has 0 amide bonds. The summed E-state index contributed by atoms with van der Waals surface area (Å²) < 4.78 is 17.0. The molecule has 1 aliphatic rings. The highest BCUT2D eigenvalue weighted by Gasteiger charge is 2.25. The van der Waals surface area contributed by atoms with E-state index >= 15 is 0 Å². The summed E-state index contributed by atoms with van der Waals surface area (Å²) in [5.41, 5.74) is 7.07. The number of nitrogens with two attached hydrogens (primary N) is 1. The molecule has 1 aromatic rings. The first-order valence-electron chi connectivity index (χ1n) is 6.58. The Kier molecular flexibility index (Phi) is 5.26. The van der Waals surface area contributed by atoms with Crippen molar-refractivity contribution in [3.63, 3.8) is 0 Å². The van der Waals surface area contributed by atoms with Crippen LogP contribution in [0.3, 0.4) is 0 Å². The molecule has 20 heavy (non-hydrogen) atoms. The molecule has 0 saturated carbocycles. The maximum Gasteiger partial charge on any atom is 0.231 e. The standard InChI is InChI=1S/C14H21BrN2O3/c1-9(7-18-3)17(2)12(6-16)10-4-11(15)14-13(5-10)19-8-20-14/h4-5,9,12H,6-8,16H2,1-3H3. The van der Waals surface area contributed by atoms with E-state index in [1.165, 1.54) is 0 Å². The highest BCUT2D eigenvalue weighted by Crippen LogP contribution is 2.41. The Hall–Kier alpha value is -0.820. The minimum absolute atomic E-state index is 0.103. The molecule has 1 aliphatic heterocycles. The van der Waals surface area contributed by atoms with Crippen molar-refractivity contribution in [2.45, 2.75) is 19.0 Å².